The Kier molecular flexibility index (Phi) is 4.12. The van der Waals surface area contributed by atoms with Crippen LogP contribution in [0.1, 0.15) is 12.7 Å². The molecule has 2 aromatic rings. The van der Waals surface area contributed by atoms with Gasteiger partial charge in [0.05, 0.1) is 18.2 Å². The minimum atomic E-state index is -4.22. The number of anilines is 1. The summed E-state index contributed by atoms with van der Waals surface area (Å²) in [5.41, 5.74) is 0. The van der Waals surface area contributed by atoms with Crippen molar-refractivity contribution in [1.29, 1.82) is 0 Å². The van der Waals surface area contributed by atoms with Crippen molar-refractivity contribution in [3.8, 4) is 5.75 Å². The molecule has 0 atom stereocenters. The average molecular weight is 318 g/mol. The van der Waals surface area contributed by atoms with Gasteiger partial charge in [0, 0.05) is 6.42 Å². The Morgan fingerprint density at radius 3 is 2.43 bits per heavy atom. The summed E-state index contributed by atoms with van der Waals surface area (Å²) in [6, 6.07) is 1.02. The molecule has 114 valence electrons. The van der Waals surface area contributed by atoms with E-state index >= 15 is 0 Å². The zero-order chi connectivity index (χ0) is 15.6. The predicted octanol–water partition coefficient (Wildman–Crippen LogP) is 2.32. The number of sulfonamides is 1. The maximum Gasteiger partial charge on any atom is 0.309 e. The molecule has 0 aliphatic heterocycles. The molecule has 2 rings (SSSR count). The van der Waals surface area contributed by atoms with Crippen LogP contribution in [-0.2, 0) is 16.4 Å². The standard InChI is InChI=1S/C12H12F2N2O4S/c1-3-7-6-15-12(20-7)16-21(17,18)8-4-9(13)11(19-2)10(14)5-8/h4-6H,3H2,1-2H3,(H,15,16). The van der Waals surface area contributed by atoms with Crippen LogP contribution in [-0.4, -0.2) is 20.5 Å². The van der Waals surface area contributed by atoms with Crippen LogP contribution in [0.2, 0.25) is 0 Å². The highest BCUT2D eigenvalue weighted by Gasteiger charge is 2.22. The number of hydrogen-bond acceptors (Lipinski definition) is 5. The van der Waals surface area contributed by atoms with Crippen LogP contribution in [0.3, 0.4) is 0 Å². The van der Waals surface area contributed by atoms with Gasteiger partial charge >= 0.3 is 6.01 Å². The number of nitrogens with zero attached hydrogens (tertiary/aromatic N) is 1. The molecule has 0 amide bonds. The molecule has 0 saturated heterocycles. The SMILES string of the molecule is CCc1cnc(NS(=O)(=O)c2cc(F)c(OC)c(F)c2)o1. The number of aryl methyl sites for hydroxylation is 1. The number of halogens is 2. The number of aromatic nitrogens is 1. The summed E-state index contributed by atoms with van der Waals surface area (Å²) in [7, 11) is -3.14. The zero-order valence-corrected chi connectivity index (χ0v) is 12.0. The third-order valence-electron chi connectivity index (χ3n) is 2.61. The van der Waals surface area contributed by atoms with E-state index in [9.17, 15) is 17.2 Å². The Morgan fingerprint density at radius 2 is 1.95 bits per heavy atom. The van der Waals surface area contributed by atoms with Gasteiger partial charge in [0.15, 0.2) is 17.4 Å². The topological polar surface area (TPSA) is 81.4 Å². The molecule has 0 aliphatic rings. The number of ether oxygens (including phenoxy) is 1. The van der Waals surface area contributed by atoms with Gasteiger partial charge in [-0.15, -0.1) is 0 Å². The quantitative estimate of drug-likeness (QED) is 0.915. The summed E-state index contributed by atoms with van der Waals surface area (Å²) in [6.45, 7) is 1.80. The van der Waals surface area contributed by atoms with Crippen LogP contribution in [0, 0.1) is 11.6 Å². The summed E-state index contributed by atoms with van der Waals surface area (Å²) in [6.07, 6.45) is 1.88. The monoisotopic (exact) mass is 318 g/mol. The molecule has 0 spiro atoms. The van der Waals surface area contributed by atoms with Crippen molar-refractivity contribution >= 4 is 16.0 Å². The van der Waals surface area contributed by atoms with Gasteiger partial charge in [-0.3, -0.25) is 0 Å². The normalized spacial score (nSPS) is 11.4. The first-order valence-electron chi connectivity index (χ1n) is 5.88. The highest BCUT2D eigenvalue weighted by atomic mass is 32.2. The lowest BCUT2D eigenvalue weighted by Crippen LogP contribution is -2.14. The minimum Gasteiger partial charge on any atom is -0.491 e. The highest BCUT2D eigenvalue weighted by molar-refractivity contribution is 7.92. The fourth-order valence-electron chi connectivity index (χ4n) is 1.58. The van der Waals surface area contributed by atoms with E-state index in [1.165, 1.54) is 6.20 Å². The van der Waals surface area contributed by atoms with Gasteiger partial charge < -0.3 is 9.15 Å². The molecule has 0 radical (unpaired) electrons. The Balaban J connectivity index is 2.35. The van der Waals surface area contributed by atoms with Crippen molar-refractivity contribution in [2.45, 2.75) is 18.2 Å². The van der Waals surface area contributed by atoms with Gasteiger partial charge in [0.1, 0.15) is 5.76 Å². The van der Waals surface area contributed by atoms with Gasteiger partial charge in [-0.1, -0.05) is 6.92 Å². The second-order valence-electron chi connectivity index (χ2n) is 4.01. The van der Waals surface area contributed by atoms with Gasteiger partial charge in [-0.05, 0) is 12.1 Å². The van der Waals surface area contributed by atoms with Crippen LogP contribution in [0.15, 0.2) is 27.6 Å². The third kappa shape index (κ3) is 3.13. The molecule has 21 heavy (non-hydrogen) atoms. The highest BCUT2D eigenvalue weighted by Crippen LogP contribution is 2.26. The maximum atomic E-state index is 13.5. The van der Waals surface area contributed by atoms with Gasteiger partial charge in [0.25, 0.3) is 10.0 Å². The molecular formula is C12H12F2N2O4S. The van der Waals surface area contributed by atoms with Crippen LogP contribution < -0.4 is 9.46 Å². The molecule has 0 aliphatic carbocycles. The van der Waals surface area contributed by atoms with Crippen molar-refractivity contribution in [1.82, 2.24) is 4.98 Å². The molecule has 1 aromatic carbocycles. The van der Waals surface area contributed by atoms with Crippen molar-refractivity contribution in [2.75, 3.05) is 11.8 Å². The summed E-state index contributed by atoms with van der Waals surface area (Å²) >= 11 is 0. The van der Waals surface area contributed by atoms with Gasteiger partial charge in [0.2, 0.25) is 0 Å². The molecule has 0 bridgehead atoms. The van der Waals surface area contributed by atoms with Crippen LogP contribution in [0.25, 0.3) is 0 Å². The number of methoxy groups -OCH3 is 1. The molecule has 0 fully saturated rings. The molecule has 9 heteroatoms. The molecule has 0 unspecified atom stereocenters. The van der Waals surface area contributed by atoms with E-state index in [0.717, 1.165) is 7.11 Å². The lowest BCUT2D eigenvalue weighted by Gasteiger charge is -2.08. The molecule has 0 saturated carbocycles. The number of hydrogen-bond donors (Lipinski definition) is 1. The Labute approximate surface area is 119 Å². The molecule has 6 nitrogen and oxygen atoms in total. The Hall–Kier alpha value is -2.16. The zero-order valence-electron chi connectivity index (χ0n) is 11.2. The summed E-state index contributed by atoms with van der Waals surface area (Å²) < 4.78 is 62.7. The van der Waals surface area contributed by atoms with Crippen molar-refractivity contribution in [3.63, 3.8) is 0 Å². The number of oxazole rings is 1. The van der Waals surface area contributed by atoms with Gasteiger partial charge in [-0.2, -0.15) is 0 Å². The lowest BCUT2D eigenvalue weighted by atomic mass is 10.3. The second kappa shape index (κ2) is 5.68. The first-order chi connectivity index (χ1) is 9.87. The van der Waals surface area contributed by atoms with E-state index in [4.69, 9.17) is 4.42 Å². The van der Waals surface area contributed by atoms with E-state index in [1.54, 1.807) is 6.92 Å². The van der Waals surface area contributed by atoms with Crippen LogP contribution in [0.4, 0.5) is 14.8 Å². The predicted molar refractivity (Wildman–Crippen MR) is 69.6 cm³/mol. The van der Waals surface area contributed by atoms with E-state index in [0.29, 0.717) is 24.3 Å². The first kappa shape index (κ1) is 15.2. The number of benzene rings is 1. The summed E-state index contributed by atoms with van der Waals surface area (Å²) in [5, 5.41) is 0. The molecular weight excluding hydrogens is 306 g/mol. The fraction of sp³-hybridized carbons (Fsp3) is 0.250. The van der Waals surface area contributed by atoms with E-state index in [2.05, 4.69) is 9.72 Å². The van der Waals surface area contributed by atoms with Crippen LogP contribution >= 0.6 is 0 Å². The summed E-state index contributed by atoms with van der Waals surface area (Å²) in [4.78, 5) is 3.10. The molecule has 1 N–H and O–H groups in total. The number of nitrogens with one attached hydrogen (secondary N) is 1. The lowest BCUT2D eigenvalue weighted by molar-refractivity contribution is 0.358. The molecule has 1 heterocycles. The smallest absolute Gasteiger partial charge is 0.309 e. The number of rotatable bonds is 5. The molecule has 1 aromatic heterocycles. The second-order valence-corrected chi connectivity index (χ2v) is 5.69. The van der Waals surface area contributed by atoms with Crippen LogP contribution in [0.5, 0.6) is 5.75 Å². The van der Waals surface area contributed by atoms with E-state index < -0.39 is 32.3 Å². The third-order valence-corrected chi connectivity index (χ3v) is 3.91. The van der Waals surface area contributed by atoms with E-state index in [1.807, 2.05) is 4.72 Å². The maximum absolute atomic E-state index is 13.5. The Bertz CT molecular complexity index is 735. The average Bonchev–Trinajstić information content (AvgIpc) is 2.85. The first-order valence-corrected chi connectivity index (χ1v) is 7.36. The summed E-state index contributed by atoms with van der Waals surface area (Å²) in [5.74, 6) is -2.43. The van der Waals surface area contributed by atoms with Crippen molar-refractivity contribution in [3.05, 3.63) is 35.7 Å². The van der Waals surface area contributed by atoms with Crippen molar-refractivity contribution < 1.29 is 26.4 Å². The van der Waals surface area contributed by atoms with E-state index in [-0.39, 0.29) is 6.01 Å². The van der Waals surface area contributed by atoms with Gasteiger partial charge in [-0.25, -0.2) is 26.9 Å². The minimum absolute atomic E-state index is 0.275. The Morgan fingerprint density at radius 1 is 1.33 bits per heavy atom. The van der Waals surface area contributed by atoms with Crippen molar-refractivity contribution in [2.24, 2.45) is 0 Å². The largest absolute Gasteiger partial charge is 0.491 e. The fourth-order valence-corrected chi connectivity index (χ4v) is 2.54.